The second kappa shape index (κ2) is 8.60. The minimum Gasteiger partial charge on any atom is -0.347 e. The molecule has 3 rings (SSSR count). The number of anilines is 2. The van der Waals surface area contributed by atoms with E-state index in [0.717, 1.165) is 17.0 Å². The fourth-order valence-electron chi connectivity index (χ4n) is 2.44. The highest BCUT2D eigenvalue weighted by Gasteiger charge is 2.11. The van der Waals surface area contributed by atoms with E-state index in [9.17, 15) is 0 Å². The Labute approximate surface area is 164 Å². The van der Waals surface area contributed by atoms with Gasteiger partial charge in [-0.1, -0.05) is 42.0 Å². The summed E-state index contributed by atoms with van der Waals surface area (Å²) < 4.78 is 0. The molecule has 1 aromatic heterocycles. The van der Waals surface area contributed by atoms with Crippen molar-refractivity contribution in [1.82, 2.24) is 15.0 Å². The number of amidine groups is 1. The first-order valence-electron chi connectivity index (χ1n) is 8.55. The maximum atomic E-state index is 6.03. The normalized spacial score (nSPS) is 13.9. The maximum absolute atomic E-state index is 6.03. The number of nitrogens with zero attached hydrogens (tertiary/aromatic N) is 5. The lowest BCUT2D eigenvalue weighted by atomic mass is 10.2. The smallest absolute Gasteiger partial charge is 0.233 e. The lowest BCUT2D eigenvalue weighted by molar-refractivity contribution is 0.953. The third-order valence-electron chi connectivity index (χ3n) is 3.69. The van der Waals surface area contributed by atoms with E-state index < -0.39 is 0 Å². The van der Waals surface area contributed by atoms with Crippen molar-refractivity contribution in [2.75, 3.05) is 30.9 Å². The molecule has 138 valence electrons. The maximum Gasteiger partial charge on any atom is 0.233 e. The average molecular weight is 381 g/mol. The Morgan fingerprint density at radius 2 is 1.96 bits per heavy atom. The molecular weight excluding hydrogens is 360 g/mol. The summed E-state index contributed by atoms with van der Waals surface area (Å²) in [6, 6.07) is 7.59. The molecule has 1 aliphatic heterocycles. The summed E-state index contributed by atoms with van der Waals surface area (Å²) >= 11 is 6.03. The van der Waals surface area contributed by atoms with Crippen LogP contribution in [0.1, 0.15) is 18.3 Å². The van der Waals surface area contributed by atoms with Crippen molar-refractivity contribution >= 4 is 41.5 Å². The third-order valence-corrected chi connectivity index (χ3v) is 3.92. The molecule has 0 saturated heterocycles. The van der Waals surface area contributed by atoms with Crippen LogP contribution in [0, 0.1) is 0 Å². The molecule has 0 unspecified atom stereocenters. The number of aliphatic imine (C=N–C) groups is 1. The van der Waals surface area contributed by atoms with Gasteiger partial charge in [0.15, 0.2) is 5.82 Å². The topological polar surface area (TPSA) is 66.3 Å². The van der Waals surface area contributed by atoms with Gasteiger partial charge in [-0.25, -0.2) is 0 Å². The Morgan fingerprint density at radius 1 is 1.11 bits per heavy atom. The van der Waals surface area contributed by atoms with E-state index in [1.807, 2.05) is 80.6 Å². The van der Waals surface area contributed by atoms with Gasteiger partial charge in [-0.2, -0.15) is 15.0 Å². The van der Waals surface area contributed by atoms with Gasteiger partial charge in [-0.3, -0.25) is 4.99 Å². The number of nitrogens with one attached hydrogen (secondary N) is 1. The molecule has 0 radical (unpaired) electrons. The molecule has 0 aliphatic carbocycles. The van der Waals surface area contributed by atoms with Gasteiger partial charge in [-0.05, 0) is 42.3 Å². The highest BCUT2D eigenvalue weighted by Crippen LogP contribution is 2.15. The van der Waals surface area contributed by atoms with Crippen molar-refractivity contribution in [1.29, 1.82) is 0 Å². The number of hydrogen-bond donors (Lipinski definition) is 1. The number of benzene rings is 1. The van der Waals surface area contributed by atoms with Crippen LogP contribution >= 0.6 is 11.6 Å². The number of rotatable bonds is 5. The van der Waals surface area contributed by atoms with Crippen LogP contribution in [0.25, 0.3) is 12.2 Å². The Kier molecular flexibility index (Phi) is 5.98. The van der Waals surface area contributed by atoms with Crippen LogP contribution < -0.4 is 10.2 Å². The van der Waals surface area contributed by atoms with Gasteiger partial charge >= 0.3 is 0 Å². The Hall–Kier alpha value is -2.99. The third kappa shape index (κ3) is 5.24. The van der Waals surface area contributed by atoms with Crippen molar-refractivity contribution in [2.45, 2.75) is 6.92 Å². The fraction of sp³-hybridized carbons (Fsp3) is 0.200. The van der Waals surface area contributed by atoms with Crippen LogP contribution in [0.4, 0.5) is 11.9 Å². The van der Waals surface area contributed by atoms with E-state index in [1.165, 1.54) is 0 Å². The van der Waals surface area contributed by atoms with Crippen molar-refractivity contribution in [3.8, 4) is 0 Å². The number of allylic oxidation sites excluding steroid dienone is 1. The summed E-state index contributed by atoms with van der Waals surface area (Å²) in [6.07, 6.45) is 9.78. The largest absolute Gasteiger partial charge is 0.347 e. The summed E-state index contributed by atoms with van der Waals surface area (Å²) in [5.41, 5.74) is 2.12. The molecule has 7 heteroatoms. The first-order valence-corrected chi connectivity index (χ1v) is 8.93. The number of halogens is 1. The molecule has 0 spiro atoms. The molecule has 2 heterocycles. The van der Waals surface area contributed by atoms with E-state index >= 15 is 0 Å². The molecule has 0 saturated carbocycles. The van der Waals surface area contributed by atoms with Gasteiger partial charge < -0.3 is 10.2 Å². The standard InChI is InChI=1S/C20H21ClN6/c1-4-6-15-12-18(22-13-15)24-19-23-17(25-20(26-19)27(2)3)10-9-14-7-5-8-16(21)11-14/h4-12H,13H2,1-3H3,(H,22,23,24,25,26)/b6-4+,10-9+. The summed E-state index contributed by atoms with van der Waals surface area (Å²) in [5, 5.41) is 3.86. The number of aromatic nitrogens is 3. The SMILES string of the molecule is C/C=C/C1=CC(Nc2nc(/C=C/c3cccc(Cl)c3)nc(N(C)C)n2)=NC1. The van der Waals surface area contributed by atoms with Gasteiger partial charge in [0.1, 0.15) is 5.84 Å². The van der Waals surface area contributed by atoms with Crippen LogP contribution in [0.3, 0.4) is 0 Å². The summed E-state index contributed by atoms with van der Waals surface area (Å²) in [5.74, 6) is 2.31. The summed E-state index contributed by atoms with van der Waals surface area (Å²) in [4.78, 5) is 19.7. The Bertz CT molecular complexity index is 943. The molecule has 1 aromatic carbocycles. The highest BCUT2D eigenvalue weighted by molar-refractivity contribution is 6.30. The molecule has 6 nitrogen and oxygen atoms in total. The van der Waals surface area contributed by atoms with Crippen LogP contribution in [-0.4, -0.2) is 41.4 Å². The van der Waals surface area contributed by atoms with Crippen molar-refractivity contribution in [3.63, 3.8) is 0 Å². The first kappa shape index (κ1) is 18.8. The van der Waals surface area contributed by atoms with Crippen molar-refractivity contribution < 1.29 is 0 Å². The monoisotopic (exact) mass is 380 g/mol. The second-order valence-electron chi connectivity index (χ2n) is 6.15. The zero-order chi connectivity index (χ0) is 19.2. The quantitative estimate of drug-likeness (QED) is 0.846. The first-order chi connectivity index (χ1) is 13.0. The van der Waals surface area contributed by atoms with Crippen molar-refractivity contribution in [2.24, 2.45) is 4.99 Å². The zero-order valence-corrected chi connectivity index (χ0v) is 16.3. The van der Waals surface area contributed by atoms with E-state index in [0.29, 0.717) is 29.3 Å². The molecule has 0 amide bonds. The summed E-state index contributed by atoms with van der Waals surface area (Å²) in [6.45, 7) is 2.64. The van der Waals surface area contributed by atoms with Crippen LogP contribution in [0.15, 0.2) is 53.1 Å². The minimum atomic E-state index is 0.455. The molecule has 1 aliphatic rings. The van der Waals surface area contributed by atoms with Crippen LogP contribution in [-0.2, 0) is 0 Å². The van der Waals surface area contributed by atoms with Crippen LogP contribution in [0.2, 0.25) is 5.02 Å². The molecule has 27 heavy (non-hydrogen) atoms. The van der Waals surface area contributed by atoms with Gasteiger partial charge in [0.05, 0.1) is 6.54 Å². The predicted molar refractivity (Wildman–Crippen MR) is 113 cm³/mol. The van der Waals surface area contributed by atoms with Crippen LogP contribution in [0.5, 0.6) is 0 Å². The van der Waals surface area contributed by atoms with Gasteiger partial charge in [0.25, 0.3) is 0 Å². The van der Waals surface area contributed by atoms with E-state index in [2.05, 4.69) is 25.3 Å². The van der Waals surface area contributed by atoms with Crippen molar-refractivity contribution in [3.05, 3.63) is 64.5 Å². The predicted octanol–water partition coefficient (Wildman–Crippen LogP) is 4.09. The highest BCUT2D eigenvalue weighted by atomic mass is 35.5. The lowest BCUT2D eigenvalue weighted by Crippen LogP contribution is -2.17. The molecule has 0 fully saturated rings. The minimum absolute atomic E-state index is 0.455. The second-order valence-corrected chi connectivity index (χ2v) is 6.58. The van der Waals surface area contributed by atoms with Gasteiger partial charge in [0, 0.05) is 19.1 Å². The fourth-order valence-corrected chi connectivity index (χ4v) is 2.64. The summed E-state index contributed by atoms with van der Waals surface area (Å²) in [7, 11) is 3.78. The number of hydrogen-bond acceptors (Lipinski definition) is 6. The molecule has 0 atom stereocenters. The zero-order valence-electron chi connectivity index (χ0n) is 15.5. The molecular formula is C20H21ClN6. The molecule has 1 N–H and O–H groups in total. The lowest BCUT2D eigenvalue weighted by Gasteiger charge is -2.12. The Balaban J connectivity index is 1.85. The van der Waals surface area contributed by atoms with Gasteiger partial charge in [-0.15, -0.1) is 0 Å². The average Bonchev–Trinajstić information content (AvgIpc) is 3.07. The Morgan fingerprint density at radius 3 is 2.70 bits per heavy atom. The molecule has 2 aromatic rings. The van der Waals surface area contributed by atoms with E-state index in [1.54, 1.807) is 0 Å². The van der Waals surface area contributed by atoms with E-state index in [-0.39, 0.29) is 0 Å². The van der Waals surface area contributed by atoms with Gasteiger partial charge in [0.2, 0.25) is 11.9 Å². The molecule has 0 bridgehead atoms. The van der Waals surface area contributed by atoms with E-state index in [4.69, 9.17) is 11.6 Å².